The summed E-state index contributed by atoms with van der Waals surface area (Å²) in [6.45, 7) is 0.491. The van der Waals surface area contributed by atoms with E-state index >= 15 is 0 Å². The standard InChI is InChI=1S/C20H19ClN2O2S2/c1-25-18-8-4-14(5-9-18)11-22-19(24)10-17-13-27-20(23-17)26-12-15-2-6-16(21)7-3-15/h2-9,13H,10-12H2,1H3,(H,22,24). The fourth-order valence-corrected chi connectivity index (χ4v) is 4.26. The van der Waals surface area contributed by atoms with Crippen LogP contribution in [-0.4, -0.2) is 18.0 Å². The van der Waals surface area contributed by atoms with Crippen molar-refractivity contribution >= 4 is 40.6 Å². The Labute approximate surface area is 171 Å². The first-order chi connectivity index (χ1) is 13.1. The van der Waals surface area contributed by atoms with Crippen molar-refractivity contribution in [2.75, 3.05) is 7.11 Å². The lowest BCUT2D eigenvalue weighted by Crippen LogP contribution is -2.24. The van der Waals surface area contributed by atoms with Crippen LogP contribution in [0, 0.1) is 0 Å². The third kappa shape index (κ3) is 6.27. The van der Waals surface area contributed by atoms with Crippen molar-refractivity contribution in [3.8, 4) is 5.75 Å². The van der Waals surface area contributed by atoms with E-state index in [1.807, 2.05) is 53.9 Å². The molecular weight excluding hydrogens is 400 g/mol. The normalized spacial score (nSPS) is 10.6. The summed E-state index contributed by atoms with van der Waals surface area (Å²) in [5.74, 6) is 1.59. The van der Waals surface area contributed by atoms with E-state index in [2.05, 4.69) is 10.3 Å². The highest BCUT2D eigenvalue weighted by molar-refractivity contribution is 8.00. The lowest BCUT2D eigenvalue weighted by Gasteiger charge is -2.05. The molecule has 0 aliphatic rings. The van der Waals surface area contributed by atoms with Gasteiger partial charge < -0.3 is 10.1 Å². The number of benzene rings is 2. The Morgan fingerprint density at radius 2 is 1.85 bits per heavy atom. The van der Waals surface area contributed by atoms with Crippen LogP contribution in [0.2, 0.25) is 5.02 Å². The minimum absolute atomic E-state index is 0.0367. The molecule has 7 heteroatoms. The number of hydrogen-bond acceptors (Lipinski definition) is 5. The van der Waals surface area contributed by atoms with Gasteiger partial charge in [-0.25, -0.2) is 4.98 Å². The van der Waals surface area contributed by atoms with Crippen LogP contribution in [0.3, 0.4) is 0 Å². The van der Waals surface area contributed by atoms with E-state index in [0.717, 1.165) is 32.1 Å². The second kappa shape index (κ2) is 9.78. The molecule has 0 aliphatic heterocycles. The predicted molar refractivity (Wildman–Crippen MR) is 112 cm³/mol. The van der Waals surface area contributed by atoms with Gasteiger partial charge in [0.1, 0.15) is 10.1 Å². The van der Waals surface area contributed by atoms with Crippen molar-refractivity contribution in [3.63, 3.8) is 0 Å². The Morgan fingerprint density at radius 1 is 1.15 bits per heavy atom. The summed E-state index contributed by atoms with van der Waals surface area (Å²) in [4.78, 5) is 16.7. The molecule has 0 spiro atoms. The van der Waals surface area contributed by atoms with Gasteiger partial charge >= 0.3 is 0 Å². The SMILES string of the molecule is COc1ccc(CNC(=O)Cc2csc(SCc3ccc(Cl)cc3)n2)cc1. The maximum Gasteiger partial charge on any atom is 0.226 e. The number of halogens is 1. The molecule has 0 unspecified atom stereocenters. The number of nitrogens with one attached hydrogen (secondary N) is 1. The number of methoxy groups -OCH3 is 1. The first-order valence-corrected chi connectivity index (χ1v) is 10.6. The zero-order valence-electron chi connectivity index (χ0n) is 14.8. The molecule has 0 saturated heterocycles. The van der Waals surface area contributed by atoms with Crippen LogP contribution in [-0.2, 0) is 23.5 Å². The van der Waals surface area contributed by atoms with Gasteiger partial charge in [-0.05, 0) is 35.4 Å². The van der Waals surface area contributed by atoms with E-state index in [9.17, 15) is 4.79 Å². The first kappa shape index (κ1) is 19.7. The number of aromatic nitrogens is 1. The van der Waals surface area contributed by atoms with Crippen molar-refractivity contribution in [1.29, 1.82) is 0 Å². The van der Waals surface area contributed by atoms with E-state index in [-0.39, 0.29) is 12.3 Å². The monoisotopic (exact) mass is 418 g/mol. The molecule has 3 aromatic rings. The van der Waals surface area contributed by atoms with Gasteiger partial charge in [0.2, 0.25) is 5.91 Å². The molecular formula is C20H19ClN2O2S2. The zero-order valence-corrected chi connectivity index (χ0v) is 17.2. The Kier molecular flexibility index (Phi) is 7.15. The molecule has 0 saturated carbocycles. The molecule has 1 N–H and O–H groups in total. The molecule has 27 heavy (non-hydrogen) atoms. The topological polar surface area (TPSA) is 51.2 Å². The van der Waals surface area contributed by atoms with Crippen LogP contribution < -0.4 is 10.1 Å². The molecule has 2 aromatic carbocycles. The van der Waals surface area contributed by atoms with Gasteiger partial charge in [0.05, 0.1) is 19.2 Å². The van der Waals surface area contributed by atoms with Crippen molar-refractivity contribution in [2.45, 2.75) is 23.1 Å². The number of thiazole rings is 1. The minimum Gasteiger partial charge on any atom is -0.497 e. The van der Waals surface area contributed by atoms with Crippen molar-refractivity contribution in [3.05, 3.63) is 75.8 Å². The summed E-state index contributed by atoms with van der Waals surface area (Å²) in [7, 11) is 1.63. The summed E-state index contributed by atoms with van der Waals surface area (Å²) in [6.07, 6.45) is 0.286. The maximum atomic E-state index is 12.1. The van der Waals surface area contributed by atoms with Gasteiger partial charge in [-0.2, -0.15) is 0 Å². The summed E-state index contributed by atoms with van der Waals surface area (Å²) in [5.41, 5.74) is 3.02. The van der Waals surface area contributed by atoms with E-state index < -0.39 is 0 Å². The molecule has 3 rings (SSSR count). The molecule has 0 aliphatic carbocycles. The van der Waals surface area contributed by atoms with Gasteiger partial charge in [0.25, 0.3) is 0 Å². The predicted octanol–water partition coefficient (Wildman–Crippen LogP) is 4.96. The Bertz CT molecular complexity index is 880. The first-order valence-electron chi connectivity index (χ1n) is 8.33. The summed E-state index contributed by atoms with van der Waals surface area (Å²) >= 11 is 9.12. The highest BCUT2D eigenvalue weighted by Crippen LogP contribution is 2.26. The van der Waals surface area contributed by atoms with E-state index in [1.165, 1.54) is 5.56 Å². The van der Waals surface area contributed by atoms with Crippen LogP contribution in [0.15, 0.2) is 58.3 Å². The minimum atomic E-state index is -0.0367. The van der Waals surface area contributed by atoms with Crippen molar-refractivity contribution < 1.29 is 9.53 Å². The molecule has 0 fully saturated rings. The Balaban J connectivity index is 1.44. The highest BCUT2D eigenvalue weighted by Gasteiger charge is 2.08. The summed E-state index contributed by atoms with van der Waals surface area (Å²) in [6, 6.07) is 15.4. The molecule has 0 atom stereocenters. The third-order valence-corrected chi connectivity index (χ3v) is 6.19. The molecule has 1 heterocycles. The molecule has 1 aromatic heterocycles. The number of carbonyl (C=O) groups is 1. The molecule has 0 radical (unpaired) electrons. The van der Waals surface area contributed by atoms with Crippen molar-refractivity contribution in [1.82, 2.24) is 10.3 Å². The number of nitrogens with zero attached hydrogens (tertiary/aromatic N) is 1. The van der Waals surface area contributed by atoms with E-state index in [4.69, 9.17) is 16.3 Å². The van der Waals surface area contributed by atoms with Crippen LogP contribution in [0.25, 0.3) is 0 Å². The molecule has 0 bridgehead atoms. The second-order valence-corrected chi connectivity index (χ2v) is 8.34. The number of rotatable bonds is 8. The average molecular weight is 419 g/mol. The smallest absolute Gasteiger partial charge is 0.226 e. The van der Waals surface area contributed by atoms with Crippen LogP contribution >= 0.6 is 34.7 Å². The number of ether oxygens (including phenoxy) is 1. The summed E-state index contributed by atoms with van der Waals surface area (Å²) < 4.78 is 6.09. The van der Waals surface area contributed by atoms with Gasteiger partial charge in [0, 0.05) is 22.7 Å². The summed E-state index contributed by atoms with van der Waals surface area (Å²) in [5, 5.41) is 5.60. The number of thioether (sulfide) groups is 1. The van der Waals surface area contributed by atoms with Crippen LogP contribution in [0.1, 0.15) is 16.8 Å². The van der Waals surface area contributed by atoms with Crippen LogP contribution in [0.5, 0.6) is 5.75 Å². The van der Waals surface area contributed by atoms with Gasteiger partial charge in [-0.15, -0.1) is 11.3 Å². The Morgan fingerprint density at radius 3 is 2.56 bits per heavy atom. The quantitative estimate of drug-likeness (QED) is 0.525. The third-order valence-electron chi connectivity index (χ3n) is 3.80. The largest absolute Gasteiger partial charge is 0.497 e. The number of amides is 1. The zero-order chi connectivity index (χ0) is 19.1. The fourth-order valence-electron chi connectivity index (χ4n) is 2.33. The maximum absolute atomic E-state index is 12.1. The molecule has 4 nitrogen and oxygen atoms in total. The van der Waals surface area contributed by atoms with E-state index in [1.54, 1.807) is 30.2 Å². The Hall–Kier alpha value is -2.02. The van der Waals surface area contributed by atoms with Crippen molar-refractivity contribution in [2.24, 2.45) is 0 Å². The fraction of sp³-hybridized carbons (Fsp3) is 0.200. The lowest BCUT2D eigenvalue weighted by atomic mass is 10.2. The number of hydrogen-bond donors (Lipinski definition) is 1. The average Bonchev–Trinajstić information content (AvgIpc) is 3.13. The lowest BCUT2D eigenvalue weighted by molar-refractivity contribution is -0.120. The van der Waals surface area contributed by atoms with Crippen LogP contribution in [0.4, 0.5) is 0 Å². The number of carbonyl (C=O) groups excluding carboxylic acids is 1. The van der Waals surface area contributed by atoms with Gasteiger partial charge in [0.15, 0.2) is 0 Å². The second-order valence-electron chi connectivity index (χ2n) is 5.82. The van der Waals surface area contributed by atoms with Gasteiger partial charge in [-0.3, -0.25) is 4.79 Å². The molecule has 140 valence electrons. The highest BCUT2D eigenvalue weighted by atomic mass is 35.5. The van der Waals surface area contributed by atoms with E-state index in [0.29, 0.717) is 6.54 Å². The molecule has 1 amide bonds. The van der Waals surface area contributed by atoms with Gasteiger partial charge in [-0.1, -0.05) is 47.6 Å².